The second-order valence-electron chi connectivity index (χ2n) is 4.95. The maximum absolute atomic E-state index is 11.2. The first-order chi connectivity index (χ1) is 8.63. The van der Waals surface area contributed by atoms with Gasteiger partial charge in [-0.25, -0.2) is 0 Å². The van der Waals surface area contributed by atoms with Gasteiger partial charge in [0.25, 0.3) is 0 Å². The fourth-order valence-electron chi connectivity index (χ4n) is 1.22. The normalized spacial score (nSPS) is 18.7. The number of carbonyl (C=O) groups is 1. The lowest BCUT2D eigenvalue weighted by Crippen LogP contribution is -2.48. The van der Waals surface area contributed by atoms with E-state index in [2.05, 4.69) is 4.74 Å². The molecule has 0 radical (unpaired) electrons. The van der Waals surface area contributed by atoms with Crippen molar-refractivity contribution in [3.8, 4) is 0 Å². The molecule has 7 nitrogen and oxygen atoms in total. The molecular formula is C12H24O7. The third-order valence-corrected chi connectivity index (χ3v) is 2.94. The average molecular weight is 280 g/mol. The molecule has 19 heavy (non-hydrogen) atoms. The van der Waals surface area contributed by atoms with Crippen LogP contribution >= 0.6 is 0 Å². The number of carbonyl (C=O) groups excluding carboxylic acids is 1. The van der Waals surface area contributed by atoms with Gasteiger partial charge in [-0.15, -0.1) is 0 Å². The molecule has 0 heterocycles. The summed E-state index contributed by atoms with van der Waals surface area (Å²) in [6, 6.07) is 0. The van der Waals surface area contributed by atoms with E-state index < -0.39 is 30.0 Å². The van der Waals surface area contributed by atoms with Crippen LogP contribution in [-0.2, 0) is 14.3 Å². The summed E-state index contributed by atoms with van der Waals surface area (Å²) in [5, 5.41) is 38.3. The Labute approximate surface area is 112 Å². The van der Waals surface area contributed by atoms with E-state index in [1.54, 1.807) is 0 Å². The van der Waals surface area contributed by atoms with Crippen molar-refractivity contribution in [3.05, 3.63) is 0 Å². The van der Waals surface area contributed by atoms with Gasteiger partial charge in [-0.05, 0) is 20.8 Å². The summed E-state index contributed by atoms with van der Waals surface area (Å²) in [7, 11) is 1.33. The summed E-state index contributed by atoms with van der Waals surface area (Å²) in [5.74, 6) is -0.228. The maximum atomic E-state index is 11.2. The van der Waals surface area contributed by atoms with Crippen LogP contribution in [0.3, 0.4) is 0 Å². The number of ether oxygens (including phenoxy) is 2. The minimum absolute atomic E-state index is 0.176. The van der Waals surface area contributed by atoms with E-state index in [1.807, 2.05) is 0 Å². The van der Waals surface area contributed by atoms with E-state index in [-0.39, 0.29) is 19.0 Å². The van der Waals surface area contributed by atoms with Crippen molar-refractivity contribution in [2.45, 2.75) is 50.8 Å². The quantitative estimate of drug-likeness (QED) is 0.404. The van der Waals surface area contributed by atoms with Gasteiger partial charge in [-0.2, -0.15) is 0 Å². The summed E-state index contributed by atoms with van der Waals surface area (Å²) < 4.78 is 9.80. The molecule has 0 spiro atoms. The molecule has 0 aliphatic rings. The third-order valence-electron chi connectivity index (χ3n) is 2.94. The largest absolute Gasteiger partial charge is 0.388 e. The number of aliphatic hydroxyl groups is 4. The highest BCUT2D eigenvalue weighted by Crippen LogP contribution is 2.13. The van der Waals surface area contributed by atoms with Gasteiger partial charge in [0, 0.05) is 7.11 Å². The zero-order chi connectivity index (χ0) is 15.2. The Morgan fingerprint density at radius 3 is 1.84 bits per heavy atom. The molecule has 0 fully saturated rings. The lowest BCUT2D eigenvalue weighted by molar-refractivity contribution is -0.157. The van der Waals surface area contributed by atoms with Crippen molar-refractivity contribution in [1.82, 2.24) is 0 Å². The number of aliphatic hydroxyl groups excluding tert-OH is 4. The van der Waals surface area contributed by atoms with Crippen LogP contribution in [-0.4, -0.2) is 76.5 Å². The first kappa shape index (κ1) is 18.4. The van der Waals surface area contributed by atoms with E-state index >= 15 is 0 Å². The highest BCUT2D eigenvalue weighted by atomic mass is 16.5. The summed E-state index contributed by atoms with van der Waals surface area (Å²) >= 11 is 0. The molecule has 0 rings (SSSR count). The first-order valence-corrected chi connectivity index (χ1v) is 5.99. The molecule has 0 aliphatic heterocycles. The summed E-state index contributed by atoms with van der Waals surface area (Å²) in [6.07, 6.45) is -5.93. The molecule has 4 unspecified atom stereocenters. The molecule has 0 aromatic heterocycles. The van der Waals surface area contributed by atoms with Crippen molar-refractivity contribution >= 4 is 5.78 Å². The summed E-state index contributed by atoms with van der Waals surface area (Å²) in [5.41, 5.74) is -1.09. The highest BCUT2D eigenvalue weighted by Gasteiger charge is 2.32. The Hall–Kier alpha value is -0.570. The number of methoxy groups -OCH3 is 1. The van der Waals surface area contributed by atoms with Crippen molar-refractivity contribution < 1.29 is 34.7 Å². The topological polar surface area (TPSA) is 116 Å². The molecular weight excluding hydrogens is 256 g/mol. The Morgan fingerprint density at radius 1 is 1.05 bits per heavy atom. The molecule has 4 N–H and O–H groups in total. The molecule has 0 aromatic rings. The molecule has 7 heteroatoms. The predicted molar refractivity (Wildman–Crippen MR) is 66.6 cm³/mol. The molecule has 0 bridgehead atoms. The number of hydrogen-bond acceptors (Lipinski definition) is 7. The van der Waals surface area contributed by atoms with Gasteiger partial charge in [0.2, 0.25) is 0 Å². The molecule has 0 saturated heterocycles. The molecule has 0 amide bonds. The number of hydrogen-bond donors (Lipinski definition) is 4. The van der Waals surface area contributed by atoms with Crippen LogP contribution in [0, 0.1) is 0 Å². The Bertz CT molecular complexity index is 279. The molecule has 4 atom stereocenters. The second kappa shape index (κ2) is 7.88. The zero-order valence-corrected chi connectivity index (χ0v) is 11.7. The number of rotatable bonds is 9. The maximum Gasteiger partial charge on any atom is 0.160 e. The summed E-state index contributed by atoms with van der Waals surface area (Å²) in [6.45, 7) is 3.89. The zero-order valence-electron chi connectivity index (χ0n) is 11.7. The van der Waals surface area contributed by atoms with Crippen LogP contribution in [0.25, 0.3) is 0 Å². The molecule has 114 valence electrons. The van der Waals surface area contributed by atoms with Gasteiger partial charge in [0.05, 0.1) is 13.2 Å². The summed E-state index contributed by atoms with van der Waals surface area (Å²) in [4.78, 5) is 11.2. The van der Waals surface area contributed by atoms with Gasteiger partial charge in [0.1, 0.15) is 30.0 Å². The van der Waals surface area contributed by atoms with Crippen LogP contribution in [0.1, 0.15) is 20.8 Å². The average Bonchev–Trinajstić information content (AvgIpc) is 2.34. The minimum atomic E-state index is -1.60. The second-order valence-corrected chi connectivity index (χ2v) is 4.95. The van der Waals surface area contributed by atoms with E-state index in [1.165, 1.54) is 27.9 Å². The first-order valence-electron chi connectivity index (χ1n) is 5.99. The Kier molecular flexibility index (Phi) is 7.65. The van der Waals surface area contributed by atoms with Gasteiger partial charge in [0.15, 0.2) is 5.78 Å². The fourth-order valence-corrected chi connectivity index (χ4v) is 1.22. The van der Waals surface area contributed by atoms with E-state index in [9.17, 15) is 25.2 Å². The van der Waals surface area contributed by atoms with Crippen LogP contribution in [0.5, 0.6) is 0 Å². The third kappa shape index (κ3) is 5.94. The minimum Gasteiger partial charge on any atom is -0.388 e. The molecule has 0 aromatic carbocycles. The lowest BCUT2D eigenvalue weighted by Gasteiger charge is -2.29. The van der Waals surface area contributed by atoms with E-state index in [4.69, 9.17) is 4.74 Å². The van der Waals surface area contributed by atoms with Gasteiger partial charge in [-0.1, -0.05) is 0 Å². The number of Topliss-reactive ketones (excluding diaryl/α,β-unsaturated/α-hetero) is 1. The SMILES string of the molecule is COCC(O)C(O)C(O)C(O)COC(C)(C)C(C)=O. The fraction of sp³-hybridized carbons (Fsp3) is 0.917. The van der Waals surface area contributed by atoms with Crippen molar-refractivity contribution in [1.29, 1.82) is 0 Å². The standard InChI is InChI=1S/C12H24O7/c1-7(13)12(2,3)19-6-9(15)11(17)10(16)8(14)5-18-4/h8-11,14-17H,5-6H2,1-4H3. The van der Waals surface area contributed by atoms with Crippen molar-refractivity contribution in [2.75, 3.05) is 20.3 Å². The van der Waals surface area contributed by atoms with Crippen molar-refractivity contribution in [2.24, 2.45) is 0 Å². The van der Waals surface area contributed by atoms with Crippen LogP contribution < -0.4 is 0 Å². The lowest BCUT2D eigenvalue weighted by atomic mass is 10.0. The monoisotopic (exact) mass is 280 g/mol. The predicted octanol–water partition coefficient (Wildman–Crippen LogP) is -1.54. The van der Waals surface area contributed by atoms with E-state index in [0.717, 1.165) is 0 Å². The van der Waals surface area contributed by atoms with Gasteiger partial charge >= 0.3 is 0 Å². The van der Waals surface area contributed by atoms with E-state index in [0.29, 0.717) is 0 Å². The molecule has 0 aliphatic carbocycles. The van der Waals surface area contributed by atoms with Crippen molar-refractivity contribution in [3.63, 3.8) is 0 Å². The van der Waals surface area contributed by atoms with Crippen LogP contribution in [0.15, 0.2) is 0 Å². The molecule has 0 saturated carbocycles. The Morgan fingerprint density at radius 2 is 1.47 bits per heavy atom. The van der Waals surface area contributed by atoms with Gasteiger partial charge in [-0.3, -0.25) is 4.79 Å². The Balaban J connectivity index is 4.34. The highest BCUT2D eigenvalue weighted by molar-refractivity contribution is 5.83. The number of ketones is 1. The van der Waals surface area contributed by atoms with Gasteiger partial charge < -0.3 is 29.9 Å². The van der Waals surface area contributed by atoms with Crippen LogP contribution in [0.4, 0.5) is 0 Å². The smallest absolute Gasteiger partial charge is 0.160 e. The van der Waals surface area contributed by atoms with Crippen LogP contribution in [0.2, 0.25) is 0 Å².